The van der Waals surface area contributed by atoms with Crippen LogP contribution in [0.3, 0.4) is 0 Å². The Labute approximate surface area is 226 Å². The normalized spacial score (nSPS) is 19.6. The van der Waals surface area contributed by atoms with Crippen LogP contribution in [0.2, 0.25) is 0 Å². The Morgan fingerprint density at radius 2 is 1.82 bits per heavy atom. The molecule has 0 aliphatic heterocycles. The number of carboxylic acids is 1. The molecule has 0 saturated heterocycles. The van der Waals surface area contributed by atoms with Crippen LogP contribution in [0.4, 0.5) is 22.0 Å². The van der Waals surface area contributed by atoms with Crippen molar-refractivity contribution >= 4 is 5.97 Å². The van der Waals surface area contributed by atoms with Gasteiger partial charge in [-0.3, -0.25) is 4.79 Å². The van der Waals surface area contributed by atoms with Gasteiger partial charge in [0.15, 0.2) is 11.6 Å². The molecule has 1 heterocycles. The minimum Gasteiger partial charge on any atom is -0.490 e. The first-order chi connectivity index (χ1) is 18.7. The molecular weight excluding hydrogens is 537 g/mol. The molecule has 2 aromatic carbocycles. The highest BCUT2D eigenvalue weighted by atomic mass is 19.4. The van der Waals surface area contributed by atoms with Crippen molar-refractivity contribution < 1.29 is 46.4 Å². The molecule has 11 heteroatoms. The Bertz CT molecular complexity index is 1470. The number of hydrogen-bond acceptors (Lipinski definition) is 5. The Morgan fingerprint density at radius 1 is 1.07 bits per heavy atom. The van der Waals surface area contributed by atoms with E-state index in [4.69, 9.17) is 9.47 Å². The molecule has 3 atom stereocenters. The number of fused-ring (bicyclic) bond motifs is 3. The van der Waals surface area contributed by atoms with Crippen LogP contribution in [-0.4, -0.2) is 33.4 Å². The molecule has 0 spiro atoms. The van der Waals surface area contributed by atoms with Crippen molar-refractivity contribution in [3.63, 3.8) is 0 Å². The first-order valence-corrected chi connectivity index (χ1v) is 12.6. The minimum absolute atomic E-state index is 0.0101. The molecular formula is C29H26F5NO5. The third-order valence-corrected chi connectivity index (χ3v) is 7.35. The van der Waals surface area contributed by atoms with Gasteiger partial charge in [0.2, 0.25) is 5.88 Å². The lowest BCUT2D eigenvalue weighted by atomic mass is 9.96. The van der Waals surface area contributed by atoms with E-state index < -0.39 is 53.0 Å². The van der Waals surface area contributed by atoms with Gasteiger partial charge in [0.1, 0.15) is 12.4 Å². The van der Waals surface area contributed by atoms with Gasteiger partial charge in [0.25, 0.3) is 0 Å². The number of benzene rings is 2. The number of ether oxygens (including phenoxy) is 2. The van der Waals surface area contributed by atoms with Gasteiger partial charge in [-0.05, 0) is 72.7 Å². The lowest BCUT2D eigenvalue weighted by molar-refractivity contribution is -0.139. The van der Waals surface area contributed by atoms with Gasteiger partial charge < -0.3 is 19.7 Å². The molecule has 1 saturated carbocycles. The van der Waals surface area contributed by atoms with Crippen molar-refractivity contribution in [3.8, 4) is 22.8 Å². The molecule has 2 aliphatic rings. The zero-order valence-electron chi connectivity index (χ0n) is 21.6. The molecule has 1 fully saturated rings. The number of pyridine rings is 1. The van der Waals surface area contributed by atoms with Gasteiger partial charge in [-0.1, -0.05) is 6.07 Å². The highest BCUT2D eigenvalue weighted by Crippen LogP contribution is 2.61. The molecule has 212 valence electrons. The summed E-state index contributed by atoms with van der Waals surface area (Å²) in [6.07, 6.45) is -2.63. The summed E-state index contributed by atoms with van der Waals surface area (Å²) in [6.45, 7) is 2.67. The summed E-state index contributed by atoms with van der Waals surface area (Å²) in [6, 6.07) is 6.27. The number of hydrogen-bond donors (Lipinski definition) is 2. The molecule has 1 aromatic heterocycles. The maximum absolute atomic E-state index is 14.8. The lowest BCUT2D eigenvalue weighted by Crippen LogP contribution is -2.21. The van der Waals surface area contributed by atoms with E-state index in [1.165, 1.54) is 18.3 Å². The third-order valence-electron chi connectivity index (χ3n) is 7.35. The van der Waals surface area contributed by atoms with Crippen LogP contribution < -0.4 is 9.47 Å². The Hall–Kier alpha value is -3.73. The summed E-state index contributed by atoms with van der Waals surface area (Å²) in [5.41, 5.74) is -1.35. The Kier molecular flexibility index (Phi) is 6.98. The fourth-order valence-electron chi connectivity index (χ4n) is 5.23. The summed E-state index contributed by atoms with van der Waals surface area (Å²) < 4.78 is 81.8. The summed E-state index contributed by atoms with van der Waals surface area (Å²) in [4.78, 5) is 15.5. The summed E-state index contributed by atoms with van der Waals surface area (Å²) in [7, 11) is 0. The van der Waals surface area contributed by atoms with E-state index >= 15 is 0 Å². The fraction of sp³-hybridized carbons (Fsp3) is 0.379. The van der Waals surface area contributed by atoms with Gasteiger partial charge in [0.05, 0.1) is 23.7 Å². The number of carboxylic acid groups (broad SMARTS) is 1. The second-order valence-electron chi connectivity index (χ2n) is 10.8. The maximum atomic E-state index is 14.8. The van der Waals surface area contributed by atoms with Crippen LogP contribution in [-0.2, 0) is 24.0 Å². The largest absolute Gasteiger partial charge is 0.490 e. The lowest BCUT2D eigenvalue weighted by Gasteiger charge is -2.18. The van der Waals surface area contributed by atoms with E-state index in [1.807, 2.05) is 0 Å². The number of aliphatic hydroxyl groups is 1. The number of halogens is 5. The van der Waals surface area contributed by atoms with E-state index in [-0.39, 0.29) is 47.6 Å². The Morgan fingerprint density at radius 3 is 2.48 bits per heavy atom. The van der Waals surface area contributed by atoms with E-state index in [0.29, 0.717) is 12.5 Å². The highest BCUT2D eigenvalue weighted by Gasteiger charge is 2.60. The molecule has 40 heavy (non-hydrogen) atoms. The molecule has 0 amide bonds. The van der Waals surface area contributed by atoms with Crippen molar-refractivity contribution in [3.05, 3.63) is 76.5 Å². The van der Waals surface area contributed by atoms with E-state index in [1.54, 1.807) is 19.9 Å². The molecule has 5 rings (SSSR count). The summed E-state index contributed by atoms with van der Waals surface area (Å²) in [5, 5.41) is 19.0. The minimum atomic E-state index is -4.91. The van der Waals surface area contributed by atoms with Crippen molar-refractivity contribution in [2.24, 2.45) is 11.8 Å². The average molecular weight is 564 g/mol. The molecule has 0 bridgehead atoms. The van der Waals surface area contributed by atoms with Crippen molar-refractivity contribution in [1.29, 1.82) is 0 Å². The molecule has 6 nitrogen and oxygen atoms in total. The predicted molar refractivity (Wildman–Crippen MR) is 133 cm³/mol. The van der Waals surface area contributed by atoms with Crippen LogP contribution in [0, 0.1) is 23.5 Å². The SMILES string of the molecule is CC(C)(O)CCOc1ccc(-c2cc(COc3cc4c(cn3)C3C(C4)C3C(=O)O)c(F)cc2C(F)(F)F)cc1F. The standard InChI is InChI=1S/C29H26F5NO5/c1-28(2,38)5-6-39-23-4-3-14(9-22(23)31)17-8-16(21(30)11-20(17)29(32,33)34)13-40-24-10-15-7-18-25(19(15)12-35-24)26(18)27(36)37/h3-4,8-12,18,25-26,38H,5-7,13H2,1-2H3,(H,36,37). The zero-order chi connectivity index (χ0) is 29.0. The first-order valence-electron chi connectivity index (χ1n) is 12.6. The monoisotopic (exact) mass is 563 g/mol. The number of nitrogens with zero attached hydrogens (tertiary/aromatic N) is 1. The topological polar surface area (TPSA) is 88.9 Å². The molecule has 2 aliphatic carbocycles. The zero-order valence-corrected chi connectivity index (χ0v) is 21.6. The number of carbonyl (C=O) groups is 1. The van der Waals surface area contributed by atoms with Crippen LogP contribution in [0.1, 0.15) is 48.4 Å². The number of aromatic nitrogens is 1. The number of alkyl halides is 3. The van der Waals surface area contributed by atoms with Gasteiger partial charge in [-0.2, -0.15) is 13.2 Å². The van der Waals surface area contributed by atoms with Crippen LogP contribution >= 0.6 is 0 Å². The van der Waals surface area contributed by atoms with Crippen molar-refractivity contribution in [2.75, 3.05) is 6.61 Å². The van der Waals surface area contributed by atoms with Gasteiger partial charge in [-0.15, -0.1) is 0 Å². The number of aliphatic carboxylic acids is 1. The van der Waals surface area contributed by atoms with Crippen molar-refractivity contribution in [1.82, 2.24) is 4.98 Å². The van der Waals surface area contributed by atoms with Gasteiger partial charge in [-0.25, -0.2) is 13.8 Å². The smallest absolute Gasteiger partial charge is 0.417 e. The second-order valence-corrected chi connectivity index (χ2v) is 10.8. The van der Waals surface area contributed by atoms with Crippen LogP contribution in [0.5, 0.6) is 11.6 Å². The van der Waals surface area contributed by atoms with E-state index in [2.05, 4.69) is 4.98 Å². The van der Waals surface area contributed by atoms with Gasteiger partial charge in [0, 0.05) is 30.2 Å². The summed E-state index contributed by atoms with van der Waals surface area (Å²) >= 11 is 0. The van der Waals surface area contributed by atoms with Crippen molar-refractivity contribution in [2.45, 2.75) is 51.0 Å². The average Bonchev–Trinajstić information content (AvgIpc) is 3.45. The van der Waals surface area contributed by atoms with E-state index in [0.717, 1.165) is 23.3 Å². The van der Waals surface area contributed by atoms with Gasteiger partial charge >= 0.3 is 12.1 Å². The maximum Gasteiger partial charge on any atom is 0.417 e. The Balaban J connectivity index is 1.36. The van der Waals surface area contributed by atoms with E-state index in [9.17, 15) is 37.0 Å². The van der Waals surface area contributed by atoms with Crippen LogP contribution in [0.25, 0.3) is 11.1 Å². The predicted octanol–water partition coefficient (Wildman–Crippen LogP) is 6.13. The molecule has 3 aromatic rings. The van der Waals surface area contributed by atoms with Crippen LogP contribution in [0.15, 0.2) is 42.6 Å². The molecule has 0 radical (unpaired) electrons. The molecule has 2 N–H and O–H groups in total. The third kappa shape index (κ3) is 5.60. The highest BCUT2D eigenvalue weighted by molar-refractivity contribution is 5.77. The number of rotatable bonds is 9. The quantitative estimate of drug-likeness (QED) is 0.305. The second kappa shape index (κ2) is 10.0. The first kappa shape index (κ1) is 27.8. The summed E-state index contributed by atoms with van der Waals surface area (Å²) in [5.74, 6) is -3.44. The molecule has 3 unspecified atom stereocenters. The fourth-order valence-corrected chi connectivity index (χ4v) is 5.23.